The van der Waals surface area contributed by atoms with Crippen LogP contribution < -0.4 is 15.4 Å². The van der Waals surface area contributed by atoms with E-state index in [0.29, 0.717) is 18.7 Å². The number of anilines is 2. The first-order chi connectivity index (χ1) is 8.13. The first-order valence-corrected chi connectivity index (χ1v) is 6.44. The van der Waals surface area contributed by atoms with Crippen molar-refractivity contribution >= 4 is 11.4 Å². The molecule has 1 saturated heterocycles. The summed E-state index contributed by atoms with van der Waals surface area (Å²) in [5.41, 5.74) is 7.96. The summed E-state index contributed by atoms with van der Waals surface area (Å²) in [5, 5.41) is 0. The van der Waals surface area contributed by atoms with E-state index in [9.17, 15) is 0 Å². The van der Waals surface area contributed by atoms with E-state index in [0.717, 1.165) is 11.4 Å². The molecule has 2 N–H and O–H groups in total. The molecule has 0 aliphatic carbocycles. The lowest BCUT2D eigenvalue weighted by molar-refractivity contribution is 0.342. The minimum absolute atomic E-state index is 0.599. The van der Waals surface area contributed by atoms with E-state index in [1.165, 1.54) is 18.5 Å². The van der Waals surface area contributed by atoms with E-state index in [1.54, 1.807) is 0 Å². The van der Waals surface area contributed by atoms with E-state index in [-0.39, 0.29) is 0 Å². The average Bonchev–Trinajstić information content (AvgIpc) is 2.62. The molecule has 0 aromatic heterocycles. The van der Waals surface area contributed by atoms with Gasteiger partial charge in [0.25, 0.3) is 0 Å². The van der Waals surface area contributed by atoms with E-state index in [1.807, 2.05) is 19.1 Å². The lowest BCUT2D eigenvalue weighted by atomic mass is 10.2. The average molecular weight is 234 g/mol. The van der Waals surface area contributed by atoms with Crippen molar-refractivity contribution in [3.63, 3.8) is 0 Å². The molecule has 3 nitrogen and oxygen atoms in total. The van der Waals surface area contributed by atoms with Crippen LogP contribution in [0.2, 0.25) is 0 Å². The van der Waals surface area contributed by atoms with Crippen LogP contribution in [0.1, 0.15) is 33.6 Å². The molecule has 1 heterocycles. The summed E-state index contributed by atoms with van der Waals surface area (Å²) >= 11 is 0. The molecule has 1 aromatic carbocycles. The highest BCUT2D eigenvalue weighted by Gasteiger charge is 2.27. The van der Waals surface area contributed by atoms with Crippen molar-refractivity contribution in [2.24, 2.45) is 0 Å². The number of benzene rings is 1. The molecule has 1 fully saturated rings. The van der Waals surface area contributed by atoms with Crippen molar-refractivity contribution in [1.82, 2.24) is 0 Å². The van der Waals surface area contributed by atoms with Gasteiger partial charge in [-0.05, 0) is 51.8 Å². The molecule has 0 saturated carbocycles. The quantitative estimate of drug-likeness (QED) is 0.817. The lowest BCUT2D eigenvalue weighted by Crippen LogP contribution is -2.32. The van der Waals surface area contributed by atoms with Crippen LogP contribution >= 0.6 is 0 Å². The smallest absolute Gasteiger partial charge is 0.142 e. The SMILES string of the molecule is CCOc1ccc(N2[C@@H](C)CC[C@@H]2C)cc1N. The first-order valence-electron chi connectivity index (χ1n) is 6.44. The predicted octanol–water partition coefficient (Wildman–Crippen LogP) is 3.04. The summed E-state index contributed by atoms with van der Waals surface area (Å²) in [7, 11) is 0. The van der Waals surface area contributed by atoms with Crippen LogP contribution in [0.5, 0.6) is 5.75 Å². The molecular weight excluding hydrogens is 212 g/mol. The molecule has 0 spiro atoms. The number of nitrogens with two attached hydrogens (primary N) is 1. The topological polar surface area (TPSA) is 38.5 Å². The van der Waals surface area contributed by atoms with E-state index in [2.05, 4.69) is 24.8 Å². The summed E-state index contributed by atoms with van der Waals surface area (Å²) in [5.74, 6) is 0.788. The Morgan fingerprint density at radius 2 is 1.94 bits per heavy atom. The number of hydrogen-bond acceptors (Lipinski definition) is 3. The van der Waals surface area contributed by atoms with Gasteiger partial charge < -0.3 is 15.4 Å². The monoisotopic (exact) mass is 234 g/mol. The van der Waals surface area contributed by atoms with E-state index >= 15 is 0 Å². The number of rotatable bonds is 3. The van der Waals surface area contributed by atoms with Crippen molar-refractivity contribution in [3.8, 4) is 5.75 Å². The summed E-state index contributed by atoms with van der Waals surface area (Å²) in [4.78, 5) is 2.45. The predicted molar refractivity (Wildman–Crippen MR) is 72.7 cm³/mol. The third-order valence-corrected chi connectivity index (χ3v) is 3.54. The molecule has 17 heavy (non-hydrogen) atoms. The van der Waals surface area contributed by atoms with Crippen LogP contribution in [0, 0.1) is 0 Å². The zero-order valence-corrected chi connectivity index (χ0v) is 10.9. The van der Waals surface area contributed by atoms with Gasteiger partial charge in [0, 0.05) is 17.8 Å². The molecule has 1 aromatic rings. The van der Waals surface area contributed by atoms with Gasteiger partial charge in [0.05, 0.1) is 12.3 Å². The fourth-order valence-electron chi connectivity index (χ4n) is 2.69. The highest BCUT2D eigenvalue weighted by atomic mass is 16.5. The zero-order chi connectivity index (χ0) is 12.4. The Hall–Kier alpha value is -1.38. The third kappa shape index (κ3) is 2.33. The van der Waals surface area contributed by atoms with E-state index < -0.39 is 0 Å². The Morgan fingerprint density at radius 3 is 2.47 bits per heavy atom. The van der Waals surface area contributed by atoms with Gasteiger partial charge in [-0.3, -0.25) is 0 Å². The minimum Gasteiger partial charge on any atom is -0.492 e. The second-order valence-corrected chi connectivity index (χ2v) is 4.84. The van der Waals surface area contributed by atoms with Crippen molar-refractivity contribution in [2.75, 3.05) is 17.2 Å². The van der Waals surface area contributed by atoms with Gasteiger partial charge in [0.1, 0.15) is 5.75 Å². The molecule has 0 bridgehead atoms. The van der Waals surface area contributed by atoms with Crippen LogP contribution in [0.4, 0.5) is 11.4 Å². The van der Waals surface area contributed by atoms with Crippen molar-refractivity contribution in [3.05, 3.63) is 18.2 Å². The largest absolute Gasteiger partial charge is 0.492 e. The maximum atomic E-state index is 6.01. The second kappa shape index (κ2) is 4.86. The lowest BCUT2D eigenvalue weighted by Gasteiger charge is -2.29. The minimum atomic E-state index is 0.599. The fraction of sp³-hybridized carbons (Fsp3) is 0.571. The normalized spacial score (nSPS) is 24.1. The second-order valence-electron chi connectivity index (χ2n) is 4.84. The van der Waals surface area contributed by atoms with Gasteiger partial charge in [0.2, 0.25) is 0 Å². The molecular formula is C14H22N2O. The summed E-state index contributed by atoms with van der Waals surface area (Å²) in [6.07, 6.45) is 2.52. The highest BCUT2D eigenvalue weighted by Crippen LogP contribution is 2.34. The van der Waals surface area contributed by atoms with Crippen LogP contribution in [-0.2, 0) is 0 Å². The van der Waals surface area contributed by atoms with Crippen LogP contribution in [0.15, 0.2) is 18.2 Å². The third-order valence-electron chi connectivity index (χ3n) is 3.54. The van der Waals surface area contributed by atoms with Gasteiger partial charge in [-0.2, -0.15) is 0 Å². The molecule has 1 aliphatic heterocycles. The number of hydrogen-bond donors (Lipinski definition) is 1. The molecule has 0 amide bonds. The number of nitrogen functional groups attached to an aromatic ring is 1. The molecule has 0 radical (unpaired) electrons. The number of ether oxygens (including phenoxy) is 1. The van der Waals surface area contributed by atoms with Crippen molar-refractivity contribution in [2.45, 2.75) is 45.7 Å². The Labute approximate surface area is 104 Å². The molecule has 3 heteroatoms. The Kier molecular flexibility index (Phi) is 3.46. The maximum Gasteiger partial charge on any atom is 0.142 e. The van der Waals surface area contributed by atoms with Gasteiger partial charge in [0.15, 0.2) is 0 Å². The Bertz CT molecular complexity index is 382. The Balaban J connectivity index is 2.25. The zero-order valence-electron chi connectivity index (χ0n) is 10.9. The fourth-order valence-corrected chi connectivity index (χ4v) is 2.69. The Morgan fingerprint density at radius 1 is 1.29 bits per heavy atom. The molecule has 1 aliphatic rings. The van der Waals surface area contributed by atoms with Gasteiger partial charge in [-0.25, -0.2) is 0 Å². The van der Waals surface area contributed by atoms with Gasteiger partial charge in [-0.1, -0.05) is 0 Å². The van der Waals surface area contributed by atoms with Crippen LogP contribution in [0.3, 0.4) is 0 Å². The standard InChI is InChI=1S/C14H22N2O/c1-4-17-14-8-7-12(9-13(14)15)16-10(2)5-6-11(16)3/h7-11H,4-6,15H2,1-3H3/t10-,11-/m0/s1. The maximum absolute atomic E-state index is 6.01. The van der Waals surface area contributed by atoms with Gasteiger partial charge >= 0.3 is 0 Å². The summed E-state index contributed by atoms with van der Waals surface area (Å²) in [6.45, 7) is 7.17. The van der Waals surface area contributed by atoms with Crippen LogP contribution in [0.25, 0.3) is 0 Å². The summed E-state index contributed by atoms with van der Waals surface area (Å²) < 4.78 is 5.46. The molecule has 0 unspecified atom stereocenters. The van der Waals surface area contributed by atoms with Crippen LogP contribution in [-0.4, -0.2) is 18.7 Å². The van der Waals surface area contributed by atoms with Gasteiger partial charge in [-0.15, -0.1) is 0 Å². The first kappa shape index (κ1) is 12.1. The molecule has 2 rings (SSSR count). The van der Waals surface area contributed by atoms with Crippen molar-refractivity contribution < 1.29 is 4.74 Å². The number of nitrogens with zero attached hydrogens (tertiary/aromatic N) is 1. The van der Waals surface area contributed by atoms with Crippen molar-refractivity contribution in [1.29, 1.82) is 0 Å². The molecule has 2 atom stereocenters. The summed E-state index contributed by atoms with van der Waals surface area (Å²) in [6, 6.07) is 7.32. The van der Waals surface area contributed by atoms with E-state index in [4.69, 9.17) is 10.5 Å². The highest BCUT2D eigenvalue weighted by molar-refractivity contribution is 5.64. The molecule has 94 valence electrons.